The monoisotopic (exact) mass is 429 g/mol. The van der Waals surface area contributed by atoms with E-state index in [9.17, 15) is 18.0 Å². The summed E-state index contributed by atoms with van der Waals surface area (Å²) in [5, 5.41) is 6.45. The van der Waals surface area contributed by atoms with Gasteiger partial charge in [-0.3, -0.25) is 4.79 Å². The van der Waals surface area contributed by atoms with Gasteiger partial charge in [-0.25, -0.2) is 0 Å². The summed E-state index contributed by atoms with van der Waals surface area (Å²) in [5.74, 6) is -0.0255. The van der Waals surface area contributed by atoms with Crippen molar-refractivity contribution in [2.45, 2.75) is 12.6 Å². The summed E-state index contributed by atoms with van der Waals surface area (Å²) in [6.07, 6.45) is -4.43. The van der Waals surface area contributed by atoms with Crippen LogP contribution in [0.1, 0.15) is 21.8 Å². The van der Waals surface area contributed by atoms with Gasteiger partial charge in [-0.15, -0.1) is 0 Å². The fraction of sp³-hybridized carbons (Fsp3) is 0.167. The molecule has 0 aliphatic heterocycles. The van der Waals surface area contributed by atoms with Crippen molar-refractivity contribution < 1.29 is 22.5 Å². The number of aromatic nitrogens is 2. The molecule has 3 aromatic rings. The lowest BCUT2D eigenvalue weighted by Crippen LogP contribution is -2.26. The Morgan fingerprint density at radius 2 is 1.82 bits per heavy atom. The van der Waals surface area contributed by atoms with Crippen LogP contribution in [0.3, 0.4) is 0 Å². The molecule has 0 atom stereocenters. The van der Waals surface area contributed by atoms with E-state index in [4.69, 9.17) is 27.7 Å². The van der Waals surface area contributed by atoms with E-state index in [1.807, 2.05) is 0 Å². The topological polar surface area (TPSA) is 68.0 Å². The van der Waals surface area contributed by atoms with E-state index in [1.165, 1.54) is 6.07 Å². The van der Waals surface area contributed by atoms with Gasteiger partial charge in [0.2, 0.25) is 11.7 Å². The van der Waals surface area contributed by atoms with Gasteiger partial charge in [-0.05, 0) is 42.5 Å². The lowest BCUT2D eigenvalue weighted by molar-refractivity contribution is -0.137. The molecule has 0 spiro atoms. The molecule has 146 valence electrons. The van der Waals surface area contributed by atoms with Crippen molar-refractivity contribution in [2.75, 3.05) is 6.54 Å². The molecule has 1 amide bonds. The first-order chi connectivity index (χ1) is 13.2. The Morgan fingerprint density at radius 3 is 2.50 bits per heavy atom. The zero-order valence-electron chi connectivity index (χ0n) is 14.1. The SMILES string of the molecule is O=C(NCCc1nc(-c2ccc(Cl)cc2)no1)c1ccc(Cl)c(C(F)(F)F)c1. The molecule has 0 saturated heterocycles. The van der Waals surface area contributed by atoms with Gasteiger partial charge < -0.3 is 9.84 Å². The first kappa shape index (κ1) is 20.2. The first-order valence-corrected chi connectivity index (χ1v) is 8.73. The fourth-order valence-electron chi connectivity index (χ4n) is 2.34. The third-order valence-electron chi connectivity index (χ3n) is 3.73. The van der Waals surface area contributed by atoms with Gasteiger partial charge in [0.25, 0.3) is 5.91 Å². The summed E-state index contributed by atoms with van der Waals surface area (Å²) in [6.45, 7) is 0.102. The van der Waals surface area contributed by atoms with Crippen LogP contribution in [0.5, 0.6) is 0 Å². The molecule has 3 rings (SSSR count). The Morgan fingerprint density at radius 1 is 1.11 bits per heavy atom. The van der Waals surface area contributed by atoms with Crippen LogP contribution in [0, 0.1) is 0 Å². The molecular formula is C18H12Cl2F3N3O2. The van der Waals surface area contributed by atoms with Crippen molar-refractivity contribution in [2.24, 2.45) is 0 Å². The van der Waals surface area contributed by atoms with E-state index in [-0.39, 0.29) is 24.4 Å². The lowest BCUT2D eigenvalue weighted by Gasteiger charge is -2.10. The van der Waals surface area contributed by atoms with Crippen molar-refractivity contribution in [3.8, 4) is 11.4 Å². The highest BCUT2D eigenvalue weighted by molar-refractivity contribution is 6.31. The minimum Gasteiger partial charge on any atom is -0.352 e. The van der Waals surface area contributed by atoms with Crippen molar-refractivity contribution >= 4 is 29.1 Å². The van der Waals surface area contributed by atoms with Gasteiger partial charge in [0.05, 0.1) is 10.6 Å². The van der Waals surface area contributed by atoms with Crippen LogP contribution in [0.4, 0.5) is 13.2 Å². The summed E-state index contributed by atoms with van der Waals surface area (Å²) in [7, 11) is 0. The molecule has 28 heavy (non-hydrogen) atoms. The molecule has 1 N–H and O–H groups in total. The quantitative estimate of drug-likeness (QED) is 0.617. The van der Waals surface area contributed by atoms with Crippen LogP contribution < -0.4 is 5.32 Å². The molecule has 10 heteroatoms. The van der Waals surface area contributed by atoms with E-state index in [0.717, 1.165) is 6.07 Å². The number of carbonyl (C=O) groups excluding carboxylic acids is 1. The van der Waals surface area contributed by atoms with Crippen LogP contribution in [0.25, 0.3) is 11.4 Å². The van der Waals surface area contributed by atoms with Gasteiger partial charge in [0.15, 0.2) is 0 Å². The van der Waals surface area contributed by atoms with E-state index in [0.29, 0.717) is 22.5 Å². The van der Waals surface area contributed by atoms with E-state index in [1.54, 1.807) is 24.3 Å². The van der Waals surface area contributed by atoms with Crippen LogP contribution in [0.2, 0.25) is 10.0 Å². The number of nitrogens with one attached hydrogen (secondary N) is 1. The Kier molecular flexibility index (Phi) is 5.90. The minimum atomic E-state index is -4.64. The normalized spacial score (nSPS) is 11.5. The molecule has 1 aromatic heterocycles. The molecule has 0 aliphatic rings. The lowest BCUT2D eigenvalue weighted by atomic mass is 10.1. The minimum absolute atomic E-state index is 0.102. The van der Waals surface area contributed by atoms with Crippen LogP contribution >= 0.6 is 23.2 Å². The number of rotatable bonds is 5. The zero-order chi connectivity index (χ0) is 20.3. The van der Waals surface area contributed by atoms with Crippen LogP contribution in [-0.4, -0.2) is 22.6 Å². The number of nitrogens with zero attached hydrogens (tertiary/aromatic N) is 2. The summed E-state index contributed by atoms with van der Waals surface area (Å²) in [6, 6.07) is 9.81. The highest BCUT2D eigenvalue weighted by Gasteiger charge is 2.33. The average molecular weight is 430 g/mol. The predicted octanol–water partition coefficient (Wildman–Crippen LogP) is 5.03. The number of benzene rings is 2. The number of hydrogen-bond donors (Lipinski definition) is 1. The van der Waals surface area contributed by atoms with Gasteiger partial charge in [0, 0.05) is 29.1 Å². The maximum Gasteiger partial charge on any atom is 0.417 e. The van der Waals surface area contributed by atoms with Gasteiger partial charge in [-0.1, -0.05) is 28.4 Å². The standard InChI is InChI=1S/C18H12Cl2F3N3O2/c19-12-4-1-10(2-5-12)16-25-15(28-26-16)7-8-24-17(27)11-3-6-14(20)13(9-11)18(21,22)23/h1-6,9H,7-8H2,(H,24,27). The first-order valence-electron chi connectivity index (χ1n) is 7.97. The molecular weight excluding hydrogens is 418 g/mol. The third kappa shape index (κ3) is 4.82. The Balaban J connectivity index is 1.60. The molecule has 0 saturated carbocycles. The highest BCUT2D eigenvalue weighted by Crippen LogP contribution is 2.35. The fourth-order valence-corrected chi connectivity index (χ4v) is 2.69. The van der Waals surface area contributed by atoms with Crippen molar-refractivity contribution in [3.63, 3.8) is 0 Å². The maximum atomic E-state index is 12.9. The van der Waals surface area contributed by atoms with Crippen LogP contribution in [0.15, 0.2) is 47.0 Å². The van der Waals surface area contributed by atoms with Crippen molar-refractivity contribution in [1.29, 1.82) is 0 Å². The molecule has 0 fully saturated rings. The Bertz CT molecular complexity index is 988. The third-order valence-corrected chi connectivity index (χ3v) is 4.31. The van der Waals surface area contributed by atoms with Crippen LogP contribution in [-0.2, 0) is 12.6 Å². The Labute approximate surface area is 167 Å². The number of hydrogen-bond acceptors (Lipinski definition) is 4. The number of amides is 1. The largest absolute Gasteiger partial charge is 0.417 e. The average Bonchev–Trinajstić information content (AvgIpc) is 3.10. The summed E-state index contributed by atoms with van der Waals surface area (Å²) >= 11 is 11.4. The number of alkyl halides is 3. The second kappa shape index (κ2) is 8.20. The summed E-state index contributed by atoms with van der Waals surface area (Å²) in [4.78, 5) is 16.3. The van der Waals surface area contributed by atoms with Crippen molar-refractivity contribution in [1.82, 2.24) is 15.5 Å². The predicted molar refractivity (Wildman–Crippen MR) is 97.2 cm³/mol. The highest BCUT2D eigenvalue weighted by atomic mass is 35.5. The molecule has 0 unspecified atom stereocenters. The van der Waals surface area contributed by atoms with E-state index >= 15 is 0 Å². The molecule has 2 aromatic carbocycles. The maximum absolute atomic E-state index is 12.9. The van der Waals surface area contributed by atoms with E-state index in [2.05, 4.69) is 15.5 Å². The van der Waals surface area contributed by atoms with Gasteiger partial charge >= 0.3 is 6.18 Å². The molecule has 1 heterocycles. The smallest absolute Gasteiger partial charge is 0.352 e. The second-order valence-corrected chi connectivity index (χ2v) is 6.56. The molecule has 5 nitrogen and oxygen atoms in total. The van der Waals surface area contributed by atoms with Gasteiger partial charge in [0.1, 0.15) is 0 Å². The summed E-state index contributed by atoms with van der Waals surface area (Å²) < 4.78 is 43.7. The molecule has 0 radical (unpaired) electrons. The molecule has 0 aliphatic carbocycles. The number of halogens is 5. The van der Waals surface area contributed by atoms with Gasteiger partial charge in [-0.2, -0.15) is 18.2 Å². The Hall–Kier alpha value is -2.58. The van der Waals surface area contributed by atoms with Crippen molar-refractivity contribution in [3.05, 3.63) is 69.5 Å². The zero-order valence-corrected chi connectivity index (χ0v) is 15.6. The van der Waals surface area contributed by atoms with E-state index < -0.39 is 22.7 Å². The number of carbonyl (C=O) groups is 1. The second-order valence-electron chi connectivity index (χ2n) is 5.72. The summed E-state index contributed by atoms with van der Waals surface area (Å²) in [5.41, 5.74) is -0.500. The molecule has 0 bridgehead atoms.